The number of carbonyl (C=O) groups excluding carboxylic acids is 1. The number of hydrogen-bond acceptors (Lipinski definition) is 4. The van der Waals surface area contributed by atoms with Crippen molar-refractivity contribution in [3.63, 3.8) is 0 Å². The minimum atomic E-state index is -4.35. The number of amides is 1. The van der Waals surface area contributed by atoms with E-state index in [-0.39, 0.29) is 24.2 Å². The van der Waals surface area contributed by atoms with Crippen LogP contribution in [0, 0.1) is 5.92 Å². The fourth-order valence-electron chi connectivity index (χ4n) is 2.13. The Morgan fingerprint density at radius 1 is 1.36 bits per heavy atom. The maximum absolute atomic E-state index is 12.7. The van der Waals surface area contributed by atoms with E-state index >= 15 is 0 Å². The molecule has 25 heavy (non-hydrogen) atoms. The molecule has 0 aliphatic carbocycles. The molecule has 1 aromatic carbocycles. The second-order valence-electron chi connectivity index (χ2n) is 5.45. The van der Waals surface area contributed by atoms with Gasteiger partial charge in [-0.15, -0.1) is 23.7 Å². The molecule has 1 amide bonds. The van der Waals surface area contributed by atoms with Crippen LogP contribution in [0.3, 0.4) is 0 Å². The van der Waals surface area contributed by atoms with Crippen molar-refractivity contribution in [1.29, 1.82) is 0 Å². The predicted molar refractivity (Wildman–Crippen MR) is 95.3 cm³/mol. The standard InChI is InChI=1S/C16H18F3N3OS.ClH/c1-10(8-20-2)14(23)22-15-21-9-13(24-15)7-11-4-3-5-12(6-11)16(17,18)19;/h3-6,9-10,20H,7-8H2,1-2H3,(H,21,22,23);1H. The highest BCUT2D eigenvalue weighted by Crippen LogP contribution is 2.30. The van der Waals surface area contributed by atoms with E-state index in [1.165, 1.54) is 17.4 Å². The van der Waals surface area contributed by atoms with Crippen LogP contribution in [0.2, 0.25) is 0 Å². The van der Waals surface area contributed by atoms with E-state index < -0.39 is 11.7 Å². The lowest BCUT2D eigenvalue weighted by molar-refractivity contribution is -0.137. The first-order valence-electron chi connectivity index (χ1n) is 7.36. The largest absolute Gasteiger partial charge is 0.416 e. The molecule has 2 aromatic rings. The van der Waals surface area contributed by atoms with Gasteiger partial charge in [-0.05, 0) is 18.7 Å². The van der Waals surface area contributed by atoms with E-state index in [9.17, 15) is 18.0 Å². The maximum atomic E-state index is 12.7. The van der Waals surface area contributed by atoms with Gasteiger partial charge >= 0.3 is 6.18 Å². The molecule has 0 aliphatic heterocycles. The van der Waals surface area contributed by atoms with Crippen molar-refractivity contribution in [3.05, 3.63) is 46.5 Å². The van der Waals surface area contributed by atoms with Gasteiger partial charge in [0.05, 0.1) is 5.56 Å². The Morgan fingerprint density at radius 3 is 2.72 bits per heavy atom. The zero-order chi connectivity index (χ0) is 17.7. The first kappa shape index (κ1) is 21.4. The number of thiazole rings is 1. The third-order valence-corrected chi connectivity index (χ3v) is 4.29. The van der Waals surface area contributed by atoms with Gasteiger partial charge in [-0.25, -0.2) is 4.98 Å². The van der Waals surface area contributed by atoms with Crippen molar-refractivity contribution < 1.29 is 18.0 Å². The number of hydrogen-bond donors (Lipinski definition) is 2. The molecule has 0 bridgehead atoms. The molecule has 0 saturated carbocycles. The van der Waals surface area contributed by atoms with Gasteiger partial charge in [-0.1, -0.05) is 25.1 Å². The summed E-state index contributed by atoms with van der Waals surface area (Å²) in [5.74, 6) is -0.352. The first-order valence-corrected chi connectivity index (χ1v) is 8.17. The van der Waals surface area contributed by atoms with Crippen molar-refractivity contribution in [3.8, 4) is 0 Å². The van der Waals surface area contributed by atoms with Gasteiger partial charge in [0.1, 0.15) is 0 Å². The van der Waals surface area contributed by atoms with Crippen molar-refractivity contribution in [2.24, 2.45) is 5.92 Å². The lowest BCUT2D eigenvalue weighted by Crippen LogP contribution is -2.28. The number of nitrogens with zero attached hydrogens (tertiary/aromatic N) is 1. The highest BCUT2D eigenvalue weighted by Gasteiger charge is 2.30. The molecule has 0 aliphatic rings. The van der Waals surface area contributed by atoms with Crippen LogP contribution in [-0.2, 0) is 17.4 Å². The molecule has 1 aromatic heterocycles. The van der Waals surface area contributed by atoms with E-state index in [1.807, 2.05) is 0 Å². The molecule has 138 valence electrons. The van der Waals surface area contributed by atoms with Gasteiger partial charge in [0, 0.05) is 30.0 Å². The van der Waals surface area contributed by atoms with Crippen molar-refractivity contribution in [2.75, 3.05) is 18.9 Å². The van der Waals surface area contributed by atoms with Crippen LogP contribution < -0.4 is 10.6 Å². The molecule has 4 nitrogen and oxygen atoms in total. The van der Waals surface area contributed by atoms with Crippen LogP contribution in [0.5, 0.6) is 0 Å². The van der Waals surface area contributed by atoms with Crippen molar-refractivity contribution >= 4 is 34.8 Å². The average molecular weight is 394 g/mol. The molecule has 1 unspecified atom stereocenters. The Labute approximate surface area is 154 Å². The van der Waals surface area contributed by atoms with Gasteiger partial charge < -0.3 is 10.6 Å². The van der Waals surface area contributed by atoms with Crippen molar-refractivity contribution in [2.45, 2.75) is 19.5 Å². The summed E-state index contributed by atoms with van der Waals surface area (Å²) in [5, 5.41) is 6.09. The summed E-state index contributed by atoms with van der Waals surface area (Å²) < 4.78 is 38.2. The summed E-state index contributed by atoms with van der Waals surface area (Å²) >= 11 is 1.26. The molecule has 0 spiro atoms. The normalized spacial score (nSPS) is 12.4. The number of rotatable bonds is 6. The maximum Gasteiger partial charge on any atom is 0.416 e. The highest BCUT2D eigenvalue weighted by molar-refractivity contribution is 7.15. The second kappa shape index (κ2) is 9.17. The van der Waals surface area contributed by atoms with Gasteiger partial charge in [0.2, 0.25) is 5.91 Å². The van der Waals surface area contributed by atoms with Crippen LogP contribution in [0.15, 0.2) is 30.5 Å². The smallest absolute Gasteiger partial charge is 0.319 e. The lowest BCUT2D eigenvalue weighted by atomic mass is 10.1. The highest BCUT2D eigenvalue weighted by atomic mass is 35.5. The summed E-state index contributed by atoms with van der Waals surface area (Å²) in [6, 6.07) is 5.21. The van der Waals surface area contributed by atoms with Crippen LogP contribution in [-0.4, -0.2) is 24.5 Å². The van der Waals surface area contributed by atoms with E-state index in [4.69, 9.17) is 0 Å². The molecular weight excluding hydrogens is 375 g/mol. The summed E-state index contributed by atoms with van der Waals surface area (Å²) in [7, 11) is 1.76. The fourth-order valence-corrected chi connectivity index (χ4v) is 2.98. The number of nitrogens with one attached hydrogen (secondary N) is 2. The third-order valence-electron chi connectivity index (χ3n) is 3.37. The first-order chi connectivity index (χ1) is 11.3. The summed E-state index contributed by atoms with van der Waals surface area (Å²) in [4.78, 5) is 16.8. The van der Waals surface area contributed by atoms with Crippen LogP contribution in [0.4, 0.5) is 18.3 Å². The topological polar surface area (TPSA) is 54.0 Å². The molecule has 0 radical (unpaired) electrons. The van der Waals surface area contributed by atoms with E-state index in [1.54, 1.807) is 26.2 Å². The monoisotopic (exact) mass is 393 g/mol. The Bertz CT molecular complexity index is 706. The summed E-state index contributed by atoms with van der Waals surface area (Å²) in [5.41, 5.74) is -0.117. The average Bonchev–Trinajstić information content (AvgIpc) is 2.94. The molecular formula is C16H19ClF3N3OS. The minimum Gasteiger partial charge on any atom is -0.319 e. The summed E-state index contributed by atoms with van der Waals surface area (Å²) in [6.45, 7) is 2.34. The van der Waals surface area contributed by atoms with E-state index in [2.05, 4.69) is 15.6 Å². The van der Waals surface area contributed by atoms with E-state index in [0.717, 1.165) is 17.0 Å². The van der Waals surface area contributed by atoms with Crippen LogP contribution in [0.25, 0.3) is 0 Å². The quantitative estimate of drug-likeness (QED) is 0.780. The van der Waals surface area contributed by atoms with E-state index in [0.29, 0.717) is 23.7 Å². The summed E-state index contributed by atoms with van der Waals surface area (Å²) in [6.07, 6.45) is -2.45. The Balaban J connectivity index is 0.00000312. The number of carbonyl (C=O) groups is 1. The Kier molecular flexibility index (Phi) is 7.85. The lowest BCUT2D eigenvalue weighted by Gasteiger charge is -2.09. The minimum absolute atomic E-state index is 0. The van der Waals surface area contributed by atoms with Gasteiger partial charge in [-0.3, -0.25) is 4.79 Å². The molecule has 1 atom stereocenters. The number of alkyl halides is 3. The van der Waals surface area contributed by atoms with Crippen molar-refractivity contribution in [1.82, 2.24) is 10.3 Å². The van der Waals surface area contributed by atoms with Crippen LogP contribution in [0.1, 0.15) is 22.9 Å². The Morgan fingerprint density at radius 2 is 2.08 bits per heavy atom. The number of aromatic nitrogens is 1. The molecule has 0 saturated heterocycles. The number of halogens is 4. The zero-order valence-electron chi connectivity index (χ0n) is 13.7. The zero-order valence-corrected chi connectivity index (χ0v) is 15.3. The SMILES string of the molecule is CNCC(C)C(=O)Nc1ncc(Cc2cccc(C(F)(F)F)c2)s1.Cl. The van der Waals surface area contributed by atoms with Gasteiger partial charge in [0.15, 0.2) is 5.13 Å². The fraction of sp³-hybridized carbons (Fsp3) is 0.375. The molecule has 1 heterocycles. The number of benzene rings is 1. The molecule has 9 heteroatoms. The molecule has 2 rings (SSSR count). The molecule has 0 fully saturated rings. The van der Waals surface area contributed by atoms with Gasteiger partial charge in [-0.2, -0.15) is 13.2 Å². The number of anilines is 1. The molecule has 2 N–H and O–H groups in total. The second-order valence-corrected chi connectivity index (χ2v) is 6.57. The van der Waals surface area contributed by atoms with Gasteiger partial charge in [0.25, 0.3) is 0 Å². The third kappa shape index (κ3) is 6.30. The Hall–Kier alpha value is -1.64. The predicted octanol–water partition coefficient (Wildman–Crippen LogP) is 3.97. The van der Waals surface area contributed by atoms with Crippen LogP contribution >= 0.6 is 23.7 Å².